The summed E-state index contributed by atoms with van der Waals surface area (Å²) in [5.41, 5.74) is 1.91. The van der Waals surface area contributed by atoms with Gasteiger partial charge in [-0.1, -0.05) is 53.0 Å². The lowest BCUT2D eigenvalue weighted by Gasteiger charge is -2.25. The van der Waals surface area contributed by atoms with E-state index in [0.717, 1.165) is 17.3 Å². The van der Waals surface area contributed by atoms with Gasteiger partial charge in [-0.05, 0) is 66.6 Å². The molecule has 0 saturated carbocycles. The average molecular weight is 567 g/mol. The van der Waals surface area contributed by atoms with E-state index in [1.165, 1.54) is 4.90 Å². The maximum absolute atomic E-state index is 13.7. The highest BCUT2D eigenvalue weighted by atomic mass is 79.9. The van der Waals surface area contributed by atoms with Gasteiger partial charge in [0.25, 0.3) is 5.91 Å². The highest BCUT2D eigenvalue weighted by Gasteiger charge is 2.43. The maximum Gasteiger partial charge on any atom is 0.338 e. The number of esters is 1. The average Bonchev–Trinajstić information content (AvgIpc) is 3.17. The van der Waals surface area contributed by atoms with E-state index in [-0.39, 0.29) is 16.8 Å². The van der Waals surface area contributed by atoms with Crippen LogP contribution in [0, 0.1) is 0 Å². The zero-order valence-electron chi connectivity index (χ0n) is 19.3. The quantitative estimate of drug-likeness (QED) is 0.187. The Kier molecular flexibility index (Phi) is 6.69. The largest absolute Gasteiger partial charge is 0.462 e. The maximum atomic E-state index is 13.7. The van der Waals surface area contributed by atoms with Gasteiger partial charge in [-0.15, -0.1) is 0 Å². The monoisotopic (exact) mass is 565 g/mol. The summed E-state index contributed by atoms with van der Waals surface area (Å²) in [5, 5.41) is 0.914. The fourth-order valence-corrected chi connectivity index (χ4v) is 4.81. The van der Waals surface area contributed by atoms with Crippen LogP contribution in [0.25, 0.3) is 11.0 Å². The second kappa shape index (κ2) is 9.91. The smallest absolute Gasteiger partial charge is 0.338 e. The lowest BCUT2D eigenvalue weighted by atomic mass is 9.98. The van der Waals surface area contributed by atoms with Crippen LogP contribution in [0.4, 0.5) is 5.69 Å². The Bertz CT molecular complexity index is 1530. The molecule has 36 heavy (non-hydrogen) atoms. The molecule has 0 bridgehead atoms. The first-order valence-corrected chi connectivity index (χ1v) is 12.7. The molecule has 0 spiro atoms. The Hall–Kier alpha value is -3.42. The topological polar surface area (TPSA) is 76.8 Å². The van der Waals surface area contributed by atoms with Gasteiger partial charge in [0.15, 0.2) is 5.43 Å². The van der Waals surface area contributed by atoms with Crippen molar-refractivity contribution in [2.75, 3.05) is 11.5 Å². The summed E-state index contributed by atoms with van der Waals surface area (Å²) in [7, 11) is 0. The van der Waals surface area contributed by atoms with Crippen LogP contribution in [-0.2, 0) is 4.74 Å². The van der Waals surface area contributed by atoms with Gasteiger partial charge in [-0.2, -0.15) is 0 Å². The highest BCUT2D eigenvalue weighted by Crippen LogP contribution is 2.41. The normalized spacial score (nSPS) is 14.8. The molecule has 0 N–H and O–H groups in total. The SMILES string of the molecule is CCCCOC(=O)c1ccc(N2C(=O)c3oc4ccc(Br)cc4c(=O)c3C2c2ccc(Cl)cc2)cc1. The van der Waals surface area contributed by atoms with Gasteiger partial charge in [-0.25, -0.2) is 4.79 Å². The van der Waals surface area contributed by atoms with E-state index in [2.05, 4.69) is 15.9 Å². The number of hydrogen-bond donors (Lipinski definition) is 0. The first kappa shape index (κ1) is 24.3. The Morgan fingerprint density at radius 3 is 2.47 bits per heavy atom. The van der Waals surface area contributed by atoms with Crippen molar-refractivity contribution in [2.24, 2.45) is 0 Å². The van der Waals surface area contributed by atoms with Gasteiger partial charge in [0.05, 0.1) is 29.2 Å². The number of rotatable bonds is 6. The number of unbranched alkanes of at least 4 members (excludes halogenated alkanes) is 1. The Balaban J connectivity index is 1.62. The van der Waals surface area contributed by atoms with Crippen LogP contribution in [0.15, 0.2) is 80.4 Å². The van der Waals surface area contributed by atoms with Crippen molar-refractivity contribution in [1.82, 2.24) is 0 Å². The first-order valence-electron chi connectivity index (χ1n) is 11.5. The lowest BCUT2D eigenvalue weighted by molar-refractivity contribution is 0.0499. The molecular weight excluding hydrogens is 546 g/mol. The van der Waals surface area contributed by atoms with E-state index < -0.39 is 17.9 Å². The molecule has 8 heteroatoms. The van der Waals surface area contributed by atoms with Crippen LogP contribution < -0.4 is 10.3 Å². The molecule has 0 aliphatic carbocycles. The third-order valence-corrected chi connectivity index (χ3v) is 6.88. The summed E-state index contributed by atoms with van der Waals surface area (Å²) in [6.07, 6.45) is 1.72. The van der Waals surface area contributed by atoms with Crippen LogP contribution in [0.5, 0.6) is 0 Å². The molecular formula is C28H21BrClNO5. The molecule has 3 aromatic carbocycles. The van der Waals surface area contributed by atoms with Crippen LogP contribution in [0.1, 0.15) is 57.8 Å². The van der Waals surface area contributed by atoms with Crippen molar-refractivity contribution in [2.45, 2.75) is 25.8 Å². The second-order valence-corrected chi connectivity index (χ2v) is 9.83. The summed E-state index contributed by atoms with van der Waals surface area (Å²) >= 11 is 9.51. The minimum absolute atomic E-state index is 0.00201. The molecule has 1 aromatic heterocycles. The Labute approximate surface area is 220 Å². The predicted octanol–water partition coefficient (Wildman–Crippen LogP) is 6.92. The van der Waals surface area contributed by atoms with Gasteiger partial charge in [0.1, 0.15) is 5.58 Å². The third kappa shape index (κ3) is 4.33. The van der Waals surface area contributed by atoms with Gasteiger partial charge < -0.3 is 9.15 Å². The summed E-state index contributed by atoms with van der Waals surface area (Å²) < 4.78 is 12.0. The number of fused-ring (bicyclic) bond motifs is 2. The van der Waals surface area contributed by atoms with E-state index in [1.807, 2.05) is 6.92 Å². The minimum atomic E-state index is -0.730. The molecule has 0 radical (unpaired) electrons. The number of amides is 1. The summed E-state index contributed by atoms with van der Waals surface area (Å²) in [4.78, 5) is 41.2. The van der Waals surface area contributed by atoms with Gasteiger partial charge in [0, 0.05) is 15.2 Å². The number of ether oxygens (including phenoxy) is 1. The summed E-state index contributed by atoms with van der Waals surface area (Å²) in [5.74, 6) is -0.864. The van der Waals surface area contributed by atoms with Crippen molar-refractivity contribution in [1.29, 1.82) is 0 Å². The first-order chi connectivity index (χ1) is 17.4. The van der Waals surface area contributed by atoms with Crippen molar-refractivity contribution in [3.05, 3.63) is 109 Å². The van der Waals surface area contributed by atoms with E-state index >= 15 is 0 Å². The van der Waals surface area contributed by atoms with Gasteiger partial charge in [-0.3, -0.25) is 14.5 Å². The molecule has 0 saturated heterocycles. The van der Waals surface area contributed by atoms with Crippen molar-refractivity contribution < 1.29 is 18.7 Å². The molecule has 1 amide bonds. The summed E-state index contributed by atoms with van der Waals surface area (Å²) in [6, 6.07) is 17.9. The second-order valence-electron chi connectivity index (χ2n) is 8.48. The molecule has 6 nitrogen and oxygen atoms in total. The number of halogens is 2. The molecule has 1 aliphatic heterocycles. The van der Waals surface area contributed by atoms with E-state index in [4.69, 9.17) is 20.8 Å². The predicted molar refractivity (Wildman–Crippen MR) is 142 cm³/mol. The molecule has 2 heterocycles. The number of nitrogens with zero attached hydrogens (tertiary/aromatic N) is 1. The number of carbonyl (C=O) groups is 2. The van der Waals surface area contributed by atoms with Crippen LogP contribution in [0.3, 0.4) is 0 Å². The summed E-state index contributed by atoms with van der Waals surface area (Å²) in [6.45, 7) is 2.37. The highest BCUT2D eigenvalue weighted by molar-refractivity contribution is 9.10. The third-order valence-electron chi connectivity index (χ3n) is 6.13. The number of carbonyl (C=O) groups excluding carboxylic acids is 2. The zero-order valence-corrected chi connectivity index (χ0v) is 21.6. The number of benzene rings is 3. The zero-order chi connectivity index (χ0) is 25.4. The van der Waals surface area contributed by atoms with E-state index in [9.17, 15) is 14.4 Å². The van der Waals surface area contributed by atoms with E-state index in [0.29, 0.717) is 39.4 Å². The van der Waals surface area contributed by atoms with Crippen LogP contribution in [0.2, 0.25) is 5.02 Å². The van der Waals surface area contributed by atoms with Gasteiger partial charge >= 0.3 is 5.97 Å². The van der Waals surface area contributed by atoms with E-state index in [1.54, 1.807) is 66.7 Å². The molecule has 0 fully saturated rings. The number of hydrogen-bond acceptors (Lipinski definition) is 5. The molecule has 182 valence electrons. The molecule has 5 rings (SSSR count). The van der Waals surface area contributed by atoms with Crippen molar-refractivity contribution in [3.8, 4) is 0 Å². The molecule has 1 aliphatic rings. The Morgan fingerprint density at radius 2 is 1.78 bits per heavy atom. The van der Waals surface area contributed by atoms with Crippen molar-refractivity contribution in [3.63, 3.8) is 0 Å². The number of anilines is 1. The molecule has 1 unspecified atom stereocenters. The van der Waals surface area contributed by atoms with Crippen molar-refractivity contribution >= 4 is 56.1 Å². The lowest BCUT2D eigenvalue weighted by Crippen LogP contribution is -2.29. The fraction of sp³-hybridized carbons (Fsp3) is 0.179. The Morgan fingerprint density at radius 1 is 1.06 bits per heavy atom. The minimum Gasteiger partial charge on any atom is -0.462 e. The fourth-order valence-electron chi connectivity index (χ4n) is 4.32. The van der Waals surface area contributed by atoms with Gasteiger partial charge in [0.2, 0.25) is 5.76 Å². The standard InChI is InChI=1S/C28H21BrClNO5/c1-2-3-14-35-28(34)17-6-11-20(12-7-17)31-24(16-4-9-19(30)10-5-16)23-25(32)21-15-18(29)8-13-22(21)36-26(23)27(31)33/h4-13,15,24H,2-3,14H2,1H3. The molecule has 4 aromatic rings. The van der Waals surface area contributed by atoms with Crippen LogP contribution >= 0.6 is 27.5 Å². The van der Waals surface area contributed by atoms with Crippen LogP contribution in [-0.4, -0.2) is 18.5 Å². The molecule has 1 atom stereocenters.